The number of carbonyl (C=O) groups is 1. The van der Waals surface area contributed by atoms with Crippen molar-refractivity contribution in [3.05, 3.63) is 111 Å². The standard InChI is InChI=1S/C25H16ClN3O3.C2H6O/c26-18-11-9-16(10-12-18)14-29-21-7-3-1-5-19(21)23(25(29)31)28-27-13-17-15-32-22-8-4-2-6-20(22)24(17)30;1-2-3/h1-13,15H,14H2;3H,2H2,1H3/b27-13+,28-23-;. The summed E-state index contributed by atoms with van der Waals surface area (Å²) in [5, 5.41) is 16.9. The van der Waals surface area contributed by atoms with Gasteiger partial charge in [0.15, 0.2) is 5.71 Å². The molecule has 5 rings (SSSR count). The highest BCUT2D eigenvalue weighted by atomic mass is 35.5. The SMILES string of the molecule is CCO.O=C1/C(=N\N=C\c2coc3ccccc3c2=O)c2ccccc2N1Cc1ccc(Cl)cc1. The van der Waals surface area contributed by atoms with Crippen LogP contribution in [0.5, 0.6) is 0 Å². The van der Waals surface area contributed by atoms with Crippen LogP contribution in [0, 0.1) is 0 Å². The molecule has 2 heterocycles. The van der Waals surface area contributed by atoms with Crippen molar-refractivity contribution in [2.24, 2.45) is 10.2 Å². The van der Waals surface area contributed by atoms with E-state index in [4.69, 9.17) is 21.1 Å². The van der Waals surface area contributed by atoms with Crippen molar-refractivity contribution in [1.82, 2.24) is 0 Å². The lowest BCUT2D eigenvalue weighted by Crippen LogP contribution is -2.29. The molecule has 0 spiro atoms. The van der Waals surface area contributed by atoms with Gasteiger partial charge in [-0.2, -0.15) is 5.10 Å². The van der Waals surface area contributed by atoms with Crippen LogP contribution >= 0.6 is 11.6 Å². The third kappa shape index (κ3) is 5.21. The molecule has 1 N–H and O–H groups in total. The van der Waals surface area contributed by atoms with Crippen LogP contribution in [0.2, 0.25) is 5.02 Å². The molecule has 4 aromatic rings. The summed E-state index contributed by atoms with van der Waals surface area (Å²) < 4.78 is 5.49. The molecule has 0 atom stereocenters. The van der Waals surface area contributed by atoms with Crippen LogP contribution in [0.4, 0.5) is 5.69 Å². The second kappa shape index (κ2) is 10.9. The first-order valence-electron chi connectivity index (χ1n) is 10.9. The first kappa shape index (κ1) is 24.1. The minimum atomic E-state index is -0.260. The maximum Gasteiger partial charge on any atom is 0.279 e. The van der Waals surface area contributed by atoms with Gasteiger partial charge >= 0.3 is 0 Å². The zero-order chi connectivity index (χ0) is 24.8. The Kier molecular flexibility index (Phi) is 7.50. The van der Waals surface area contributed by atoms with Crippen LogP contribution in [0.1, 0.15) is 23.6 Å². The van der Waals surface area contributed by atoms with Gasteiger partial charge in [-0.05, 0) is 42.8 Å². The van der Waals surface area contributed by atoms with E-state index in [0.717, 1.165) is 11.3 Å². The molecule has 35 heavy (non-hydrogen) atoms. The number of halogens is 1. The van der Waals surface area contributed by atoms with Gasteiger partial charge < -0.3 is 14.4 Å². The molecule has 3 aromatic carbocycles. The molecule has 0 radical (unpaired) electrons. The summed E-state index contributed by atoms with van der Waals surface area (Å²) in [6.45, 7) is 2.31. The molecule has 1 amide bonds. The van der Waals surface area contributed by atoms with E-state index in [2.05, 4.69) is 10.2 Å². The van der Waals surface area contributed by atoms with E-state index >= 15 is 0 Å². The first-order chi connectivity index (χ1) is 17.0. The predicted molar refractivity (Wildman–Crippen MR) is 138 cm³/mol. The topological polar surface area (TPSA) is 95.5 Å². The number of hydrogen-bond donors (Lipinski definition) is 1. The van der Waals surface area contributed by atoms with Gasteiger partial charge in [0, 0.05) is 17.2 Å². The molecule has 7 nitrogen and oxygen atoms in total. The molecule has 0 saturated heterocycles. The van der Waals surface area contributed by atoms with Crippen molar-refractivity contribution in [1.29, 1.82) is 0 Å². The Bertz CT molecular complexity index is 1480. The Labute approximate surface area is 206 Å². The first-order valence-corrected chi connectivity index (χ1v) is 11.3. The Morgan fingerprint density at radius 1 is 1.00 bits per heavy atom. The number of amides is 1. The van der Waals surface area contributed by atoms with Gasteiger partial charge in [0.25, 0.3) is 5.91 Å². The average molecular weight is 488 g/mol. The Morgan fingerprint density at radius 2 is 1.69 bits per heavy atom. The van der Waals surface area contributed by atoms with Crippen molar-refractivity contribution >= 4 is 46.1 Å². The van der Waals surface area contributed by atoms with E-state index in [1.165, 1.54) is 12.5 Å². The second-order valence-corrected chi connectivity index (χ2v) is 8.00. The third-order valence-corrected chi connectivity index (χ3v) is 5.46. The average Bonchev–Trinajstić information content (AvgIpc) is 3.13. The number of benzene rings is 3. The summed E-state index contributed by atoms with van der Waals surface area (Å²) >= 11 is 5.97. The van der Waals surface area contributed by atoms with Crippen molar-refractivity contribution in [2.75, 3.05) is 11.5 Å². The number of carbonyl (C=O) groups excluding carboxylic acids is 1. The Morgan fingerprint density at radius 3 is 2.46 bits per heavy atom. The number of rotatable bonds is 4. The Hall–Kier alpha value is -4.07. The zero-order valence-corrected chi connectivity index (χ0v) is 19.6. The highest BCUT2D eigenvalue weighted by Gasteiger charge is 2.33. The van der Waals surface area contributed by atoms with Crippen molar-refractivity contribution in [3.63, 3.8) is 0 Å². The molecule has 0 unspecified atom stereocenters. The fraction of sp³-hybridized carbons (Fsp3) is 0.111. The lowest BCUT2D eigenvalue weighted by atomic mass is 10.1. The molecule has 0 saturated carbocycles. The second-order valence-electron chi connectivity index (χ2n) is 7.56. The molecule has 0 fully saturated rings. The summed E-state index contributed by atoms with van der Waals surface area (Å²) in [7, 11) is 0. The number of aliphatic hydroxyl groups is 1. The summed E-state index contributed by atoms with van der Waals surface area (Å²) in [5.74, 6) is -0.260. The molecule has 1 aromatic heterocycles. The zero-order valence-electron chi connectivity index (χ0n) is 18.9. The molecule has 1 aliphatic rings. The van der Waals surface area contributed by atoms with Crippen molar-refractivity contribution < 1.29 is 14.3 Å². The van der Waals surface area contributed by atoms with E-state index in [1.807, 2.05) is 36.4 Å². The lowest BCUT2D eigenvalue weighted by Gasteiger charge is -2.16. The summed E-state index contributed by atoms with van der Waals surface area (Å²) in [5.41, 5.74) is 3.15. The largest absolute Gasteiger partial charge is 0.463 e. The number of anilines is 1. The van der Waals surface area contributed by atoms with Gasteiger partial charge in [0.05, 0.1) is 29.4 Å². The molecule has 0 aliphatic carbocycles. The molecular formula is C27H22ClN3O4. The van der Waals surface area contributed by atoms with Crippen molar-refractivity contribution in [3.8, 4) is 0 Å². The fourth-order valence-corrected chi connectivity index (χ4v) is 3.74. The summed E-state index contributed by atoms with van der Waals surface area (Å²) in [6.07, 6.45) is 2.65. The number of aliphatic hydroxyl groups excluding tert-OH is 1. The van der Waals surface area contributed by atoms with E-state index in [-0.39, 0.29) is 29.2 Å². The number of hydrogen-bond acceptors (Lipinski definition) is 6. The number of fused-ring (bicyclic) bond motifs is 2. The quantitative estimate of drug-likeness (QED) is 0.330. The normalized spacial score (nSPS) is 13.9. The van der Waals surface area contributed by atoms with Gasteiger partial charge in [-0.1, -0.05) is 54.1 Å². The summed E-state index contributed by atoms with van der Waals surface area (Å²) in [4.78, 5) is 27.4. The van der Waals surface area contributed by atoms with Gasteiger partial charge in [-0.3, -0.25) is 9.59 Å². The molecular weight excluding hydrogens is 466 g/mol. The molecule has 0 bridgehead atoms. The fourth-order valence-electron chi connectivity index (χ4n) is 3.62. The van der Waals surface area contributed by atoms with Gasteiger partial charge in [-0.15, -0.1) is 5.10 Å². The van der Waals surface area contributed by atoms with E-state index in [9.17, 15) is 9.59 Å². The van der Waals surface area contributed by atoms with Crippen LogP contribution in [-0.2, 0) is 11.3 Å². The maximum atomic E-state index is 13.1. The smallest absolute Gasteiger partial charge is 0.279 e. The predicted octanol–water partition coefficient (Wildman–Crippen LogP) is 4.82. The minimum absolute atomic E-state index is 0.210. The van der Waals surface area contributed by atoms with Gasteiger partial charge in [0.2, 0.25) is 5.43 Å². The molecule has 1 aliphatic heterocycles. The minimum Gasteiger partial charge on any atom is -0.463 e. The highest BCUT2D eigenvalue weighted by Crippen LogP contribution is 2.30. The maximum absolute atomic E-state index is 13.1. The third-order valence-electron chi connectivity index (χ3n) is 5.21. The van der Waals surface area contributed by atoms with Gasteiger partial charge in [0.1, 0.15) is 11.8 Å². The lowest BCUT2D eigenvalue weighted by molar-refractivity contribution is -0.112. The van der Waals surface area contributed by atoms with E-state index in [1.54, 1.807) is 48.2 Å². The van der Waals surface area contributed by atoms with Crippen LogP contribution in [0.3, 0.4) is 0 Å². The summed E-state index contributed by atoms with van der Waals surface area (Å²) in [6, 6.07) is 21.7. The number of nitrogens with zero attached hydrogens (tertiary/aromatic N) is 3. The van der Waals surface area contributed by atoms with E-state index in [0.29, 0.717) is 28.1 Å². The number of para-hydroxylation sites is 2. The molecule has 176 valence electrons. The van der Waals surface area contributed by atoms with E-state index < -0.39 is 0 Å². The highest BCUT2D eigenvalue weighted by molar-refractivity contribution is 6.54. The Balaban J connectivity index is 0.000000917. The monoisotopic (exact) mass is 487 g/mol. The van der Waals surface area contributed by atoms with Gasteiger partial charge in [-0.25, -0.2) is 0 Å². The van der Waals surface area contributed by atoms with Crippen molar-refractivity contribution in [2.45, 2.75) is 13.5 Å². The molecule has 8 heteroatoms. The van der Waals surface area contributed by atoms with Crippen LogP contribution in [0.15, 0.2) is 98.5 Å². The van der Waals surface area contributed by atoms with Crippen LogP contribution in [0.25, 0.3) is 11.0 Å². The van der Waals surface area contributed by atoms with Crippen LogP contribution < -0.4 is 10.3 Å². The van der Waals surface area contributed by atoms with Crippen LogP contribution in [-0.4, -0.2) is 29.5 Å².